The number of carbonyl (C=O) groups is 1. The van der Waals surface area contributed by atoms with Crippen molar-refractivity contribution in [3.8, 4) is 22.6 Å². The van der Waals surface area contributed by atoms with Crippen LogP contribution in [0.5, 0.6) is 11.5 Å². The van der Waals surface area contributed by atoms with Crippen molar-refractivity contribution >= 4 is 34.6 Å². The molecule has 0 radical (unpaired) electrons. The lowest BCUT2D eigenvalue weighted by atomic mass is 10.0. The minimum atomic E-state index is -0.0588. The number of hydrogen-bond donors (Lipinski definition) is 0. The third kappa shape index (κ3) is 4.64. The Bertz CT molecular complexity index is 1130. The SMILES string of the molecule is COc1ccc(N=C2S/C(=C\c3ccc(-c4ccc(OC)cc4)cc3)C(=O)N2C)cc1. The lowest BCUT2D eigenvalue weighted by Gasteiger charge is -2.07. The number of thioether (sulfide) groups is 1. The first-order chi connectivity index (χ1) is 15.1. The Hall–Kier alpha value is -3.51. The number of likely N-dealkylation sites (N-methyl/N-ethyl adjacent to an activating group) is 1. The second-order valence-corrected chi connectivity index (χ2v) is 7.93. The first-order valence-electron chi connectivity index (χ1n) is 9.72. The van der Waals surface area contributed by atoms with Crippen molar-refractivity contribution in [3.05, 3.63) is 83.3 Å². The average molecular weight is 431 g/mol. The van der Waals surface area contributed by atoms with Crippen LogP contribution in [0, 0.1) is 0 Å². The molecule has 5 nitrogen and oxygen atoms in total. The van der Waals surface area contributed by atoms with Gasteiger partial charge in [0, 0.05) is 7.05 Å². The predicted molar refractivity (Wildman–Crippen MR) is 127 cm³/mol. The van der Waals surface area contributed by atoms with Crippen LogP contribution in [0.25, 0.3) is 17.2 Å². The van der Waals surface area contributed by atoms with E-state index in [1.807, 2.05) is 78.9 Å². The fourth-order valence-corrected chi connectivity index (χ4v) is 4.11. The maximum atomic E-state index is 12.7. The monoisotopic (exact) mass is 430 g/mol. The fourth-order valence-electron chi connectivity index (χ4n) is 3.13. The Labute approximate surface area is 186 Å². The van der Waals surface area contributed by atoms with Crippen LogP contribution in [0.2, 0.25) is 0 Å². The van der Waals surface area contributed by atoms with Gasteiger partial charge >= 0.3 is 0 Å². The first kappa shape index (κ1) is 20.8. The van der Waals surface area contributed by atoms with E-state index < -0.39 is 0 Å². The molecule has 1 aliphatic rings. The van der Waals surface area contributed by atoms with Crippen LogP contribution < -0.4 is 9.47 Å². The topological polar surface area (TPSA) is 51.1 Å². The van der Waals surface area contributed by atoms with E-state index in [-0.39, 0.29) is 5.91 Å². The van der Waals surface area contributed by atoms with Crippen molar-refractivity contribution in [2.24, 2.45) is 4.99 Å². The van der Waals surface area contributed by atoms with Crippen molar-refractivity contribution in [1.82, 2.24) is 4.90 Å². The molecule has 1 fully saturated rings. The maximum absolute atomic E-state index is 12.7. The Kier molecular flexibility index (Phi) is 6.09. The molecule has 0 spiro atoms. The molecule has 1 saturated heterocycles. The van der Waals surface area contributed by atoms with E-state index in [9.17, 15) is 4.79 Å². The molecule has 6 heteroatoms. The molecule has 0 bridgehead atoms. The smallest absolute Gasteiger partial charge is 0.266 e. The summed E-state index contributed by atoms with van der Waals surface area (Å²) in [5.41, 5.74) is 3.95. The van der Waals surface area contributed by atoms with Gasteiger partial charge in [-0.25, -0.2) is 4.99 Å². The van der Waals surface area contributed by atoms with E-state index in [1.54, 1.807) is 26.2 Å². The zero-order valence-corrected chi connectivity index (χ0v) is 18.3. The van der Waals surface area contributed by atoms with Gasteiger partial charge in [-0.15, -0.1) is 0 Å². The largest absolute Gasteiger partial charge is 0.497 e. The van der Waals surface area contributed by atoms with Crippen LogP contribution in [0.3, 0.4) is 0 Å². The zero-order valence-electron chi connectivity index (χ0n) is 17.5. The molecule has 31 heavy (non-hydrogen) atoms. The highest BCUT2D eigenvalue weighted by atomic mass is 32.2. The van der Waals surface area contributed by atoms with E-state index in [4.69, 9.17) is 9.47 Å². The number of benzene rings is 3. The second kappa shape index (κ2) is 9.10. The normalized spacial score (nSPS) is 16.2. The second-order valence-electron chi connectivity index (χ2n) is 6.92. The van der Waals surface area contributed by atoms with Crippen molar-refractivity contribution in [1.29, 1.82) is 0 Å². The minimum absolute atomic E-state index is 0.0588. The van der Waals surface area contributed by atoms with Crippen LogP contribution in [0.15, 0.2) is 82.7 Å². The molecule has 0 unspecified atom stereocenters. The number of amidine groups is 1. The highest BCUT2D eigenvalue weighted by Gasteiger charge is 2.30. The molecule has 1 amide bonds. The van der Waals surface area contributed by atoms with Crippen LogP contribution in [0.1, 0.15) is 5.56 Å². The van der Waals surface area contributed by atoms with Gasteiger partial charge in [0.1, 0.15) is 11.5 Å². The van der Waals surface area contributed by atoms with Gasteiger partial charge in [-0.05, 0) is 70.9 Å². The molecule has 3 aromatic carbocycles. The minimum Gasteiger partial charge on any atom is -0.497 e. The number of nitrogens with zero attached hydrogens (tertiary/aromatic N) is 2. The molecule has 4 rings (SSSR count). The van der Waals surface area contributed by atoms with Crippen molar-refractivity contribution in [3.63, 3.8) is 0 Å². The number of aliphatic imine (C=N–C) groups is 1. The molecule has 0 aromatic heterocycles. The summed E-state index contributed by atoms with van der Waals surface area (Å²) >= 11 is 1.37. The number of amides is 1. The maximum Gasteiger partial charge on any atom is 0.266 e. The molecule has 0 N–H and O–H groups in total. The molecule has 1 heterocycles. The highest BCUT2D eigenvalue weighted by molar-refractivity contribution is 8.18. The van der Waals surface area contributed by atoms with Gasteiger partial charge in [0.15, 0.2) is 5.17 Å². The summed E-state index contributed by atoms with van der Waals surface area (Å²) in [7, 11) is 5.02. The van der Waals surface area contributed by atoms with E-state index in [1.165, 1.54) is 11.8 Å². The molecule has 156 valence electrons. The van der Waals surface area contributed by atoms with Crippen LogP contribution in [0.4, 0.5) is 5.69 Å². The van der Waals surface area contributed by atoms with Gasteiger partial charge in [0.25, 0.3) is 5.91 Å². The lowest BCUT2D eigenvalue weighted by Crippen LogP contribution is -2.23. The molecule has 0 aliphatic carbocycles. The Balaban J connectivity index is 1.52. The van der Waals surface area contributed by atoms with Crippen molar-refractivity contribution in [2.45, 2.75) is 0 Å². The van der Waals surface area contributed by atoms with Crippen molar-refractivity contribution < 1.29 is 14.3 Å². The van der Waals surface area contributed by atoms with E-state index >= 15 is 0 Å². The van der Waals surface area contributed by atoms with E-state index in [0.717, 1.165) is 33.9 Å². The standard InChI is InChI=1S/C25H22N2O3S/c1-27-24(28)23(31-25(27)26-20-10-14-22(30-3)15-11-20)16-17-4-6-18(7-5-17)19-8-12-21(29-2)13-9-19/h4-16H,1-3H3/b23-16-,26-25?. The average Bonchev–Trinajstić information content (AvgIpc) is 3.08. The van der Waals surface area contributed by atoms with Gasteiger partial charge in [-0.3, -0.25) is 9.69 Å². The first-order valence-corrected chi connectivity index (χ1v) is 10.5. The summed E-state index contributed by atoms with van der Waals surface area (Å²) in [6.45, 7) is 0. The fraction of sp³-hybridized carbons (Fsp3) is 0.120. The van der Waals surface area contributed by atoms with Gasteiger partial charge in [0.2, 0.25) is 0 Å². The summed E-state index contributed by atoms with van der Waals surface area (Å²) in [6, 6.07) is 23.5. The van der Waals surface area contributed by atoms with Crippen LogP contribution in [-0.2, 0) is 4.79 Å². The number of rotatable bonds is 5. The molecular formula is C25H22N2O3S. The lowest BCUT2D eigenvalue weighted by molar-refractivity contribution is -0.121. The molecule has 0 saturated carbocycles. The van der Waals surface area contributed by atoms with E-state index in [0.29, 0.717) is 10.1 Å². The molecule has 3 aromatic rings. The third-order valence-electron chi connectivity index (χ3n) is 4.93. The number of methoxy groups -OCH3 is 2. The third-order valence-corrected chi connectivity index (χ3v) is 5.99. The molecule has 1 aliphatic heterocycles. The Morgan fingerprint density at radius 2 is 1.32 bits per heavy atom. The molecular weight excluding hydrogens is 408 g/mol. The summed E-state index contributed by atoms with van der Waals surface area (Å²) in [6.07, 6.45) is 1.90. The number of ether oxygens (including phenoxy) is 2. The summed E-state index contributed by atoms with van der Waals surface area (Å²) < 4.78 is 10.4. The van der Waals surface area contributed by atoms with Gasteiger partial charge in [-0.2, -0.15) is 0 Å². The zero-order chi connectivity index (χ0) is 21.8. The Morgan fingerprint density at radius 1 is 0.806 bits per heavy atom. The summed E-state index contributed by atoms with van der Waals surface area (Å²) in [4.78, 5) is 19.5. The predicted octanol–water partition coefficient (Wildman–Crippen LogP) is 5.60. The van der Waals surface area contributed by atoms with Crippen LogP contribution in [-0.4, -0.2) is 37.2 Å². The summed E-state index contributed by atoms with van der Waals surface area (Å²) in [5.74, 6) is 1.54. The number of carbonyl (C=O) groups excluding carboxylic acids is 1. The Morgan fingerprint density at radius 3 is 1.87 bits per heavy atom. The van der Waals surface area contributed by atoms with Crippen LogP contribution >= 0.6 is 11.8 Å². The number of hydrogen-bond acceptors (Lipinski definition) is 5. The summed E-state index contributed by atoms with van der Waals surface area (Å²) in [5, 5.41) is 0.649. The van der Waals surface area contributed by atoms with Crippen molar-refractivity contribution in [2.75, 3.05) is 21.3 Å². The highest BCUT2D eigenvalue weighted by Crippen LogP contribution is 2.33. The van der Waals surface area contributed by atoms with E-state index in [2.05, 4.69) is 4.99 Å². The molecule has 0 atom stereocenters. The van der Waals surface area contributed by atoms with Gasteiger partial charge in [-0.1, -0.05) is 36.4 Å². The van der Waals surface area contributed by atoms with Gasteiger partial charge < -0.3 is 9.47 Å². The van der Waals surface area contributed by atoms with Gasteiger partial charge in [0.05, 0.1) is 24.8 Å². The quantitative estimate of drug-likeness (QED) is 0.494.